The van der Waals surface area contributed by atoms with Gasteiger partial charge < -0.3 is 14.4 Å². The van der Waals surface area contributed by atoms with Crippen LogP contribution in [0, 0.1) is 6.92 Å². The summed E-state index contributed by atoms with van der Waals surface area (Å²) < 4.78 is 5.27. The van der Waals surface area contributed by atoms with Crippen LogP contribution in [0.25, 0.3) is 0 Å². The molecule has 7 nitrogen and oxygen atoms in total. The van der Waals surface area contributed by atoms with Crippen LogP contribution in [0.15, 0.2) is 16.9 Å². The van der Waals surface area contributed by atoms with Gasteiger partial charge in [0.25, 0.3) is 5.91 Å². The maximum absolute atomic E-state index is 12.9. The normalized spacial score (nSPS) is 19.3. The fourth-order valence-corrected chi connectivity index (χ4v) is 3.19. The van der Waals surface area contributed by atoms with Crippen molar-refractivity contribution >= 4 is 5.91 Å². The van der Waals surface area contributed by atoms with Gasteiger partial charge in [0.05, 0.1) is 11.7 Å². The number of imidazole rings is 1. The smallest absolute Gasteiger partial charge is 0.259 e. The summed E-state index contributed by atoms with van der Waals surface area (Å²) in [5, 5.41) is 3.95. The zero-order valence-electron chi connectivity index (χ0n) is 13.9. The Morgan fingerprint density at radius 1 is 1.43 bits per heavy atom. The average Bonchev–Trinajstić information content (AvgIpc) is 3.23. The van der Waals surface area contributed by atoms with Crippen LogP contribution < -0.4 is 0 Å². The van der Waals surface area contributed by atoms with E-state index in [0.29, 0.717) is 36.5 Å². The zero-order chi connectivity index (χ0) is 16.4. The molecule has 0 saturated carbocycles. The predicted molar refractivity (Wildman–Crippen MR) is 85.1 cm³/mol. The van der Waals surface area contributed by atoms with Crippen molar-refractivity contribution in [3.05, 3.63) is 35.2 Å². The van der Waals surface area contributed by atoms with Gasteiger partial charge >= 0.3 is 0 Å². The Hall–Kier alpha value is -2.15. The van der Waals surface area contributed by atoms with E-state index in [1.165, 1.54) is 0 Å². The van der Waals surface area contributed by atoms with Gasteiger partial charge in [-0.3, -0.25) is 9.69 Å². The van der Waals surface area contributed by atoms with Crippen LogP contribution in [0.3, 0.4) is 0 Å². The number of amides is 1. The second-order valence-corrected chi connectivity index (χ2v) is 5.79. The molecule has 1 saturated heterocycles. The van der Waals surface area contributed by atoms with E-state index in [2.05, 4.69) is 26.9 Å². The number of piperazine rings is 1. The molecule has 1 N–H and O–H groups in total. The number of hydrogen-bond donors (Lipinski definition) is 1. The molecule has 1 aliphatic rings. The number of nitrogens with one attached hydrogen (secondary N) is 1. The Bertz CT molecular complexity index is 664. The number of likely N-dealkylation sites (N-methyl/N-ethyl adjacent to an activating group) is 1. The number of nitrogens with zero attached hydrogens (tertiary/aromatic N) is 4. The summed E-state index contributed by atoms with van der Waals surface area (Å²) in [7, 11) is 0. The number of carbonyl (C=O) groups is 1. The third-order valence-corrected chi connectivity index (χ3v) is 4.49. The second-order valence-electron chi connectivity index (χ2n) is 5.79. The molecular weight excluding hydrogens is 294 g/mol. The molecule has 3 heterocycles. The zero-order valence-corrected chi connectivity index (χ0v) is 13.9. The molecule has 0 bridgehead atoms. The second kappa shape index (κ2) is 6.54. The first-order valence-electron chi connectivity index (χ1n) is 8.13. The molecule has 124 valence electrons. The summed E-state index contributed by atoms with van der Waals surface area (Å²) in [6.07, 6.45) is 4.24. The number of H-pyrrole nitrogens is 1. The third-order valence-electron chi connectivity index (χ3n) is 4.49. The highest BCUT2D eigenvalue weighted by Gasteiger charge is 2.33. The molecule has 0 aromatic carbocycles. The Labute approximate surface area is 135 Å². The molecule has 3 rings (SSSR count). The van der Waals surface area contributed by atoms with Crippen molar-refractivity contribution in [2.24, 2.45) is 0 Å². The Morgan fingerprint density at radius 3 is 2.91 bits per heavy atom. The molecule has 0 aliphatic carbocycles. The lowest BCUT2D eigenvalue weighted by atomic mass is 10.1. The molecule has 23 heavy (non-hydrogen) atoms. The van der Waals surface area contributed by atoms with Crippen molar-refractivity contribution in [3.8, 4) is 0 Å². The summed E-state index contributed by atoms with van der Waals surface area (Å²) in [5.41, 5.74) is 1.29. The van der Waals surface area contributed by atoms with Crippen molar-refractivity contribution in [2.45, 2.75) is 33.2 Å². The first-order chi connectivity index (χ1) is 11.2. The number of aromatic amines is 1. The highest BCUT2D eigenvalue weighted by molar-refractivity contribution is 5.96. The maximum atomic E-state index is 12.9. The SMILES string of the molecule is CCc1onc(C)c1C(=O)N1CCN(CC)[C@@H](c2ncc[nH]2)C1. The lowest BCUT2D eigenvalue weighted by molar-refractivity contribution is 0.0477. The molecule has 2 aromatic heterocycles. The Balaban J connectivity index is 1.83. The molecule has 1 aliphatic heterocycles. The minimum absolute atomic E-state index is 0.00732. The predicted octanol–water partition coefficient (Wildman–Crippen LogP) is 1.79. The molecular formula is C16H23N5O2. The van der Waals surface area contributed by atoms with Crippen LogP contribution >= 0.6 is 0 Å². The van der Waals surface area contributed by atoms with Gasteiger partial charge in [-0.15, -0.1) is 0 Å². The van der Waals surface area contributed by atoms with Gasteiger partial charge in [-0.25, -0.2) is 4.98 Å². The topological polar surface area (TPSA) is 78.3 Å². The van der Waals surface area contributed by atoms with Gasteiger partial charge in [-0.1, -0.05) is 19.0 Å². The van der Waals surface area contributed by atoms with E-state index in [4.69, 9.17) is 4.52 Å². The van der Waals surface area contributed by atoms with Crippen LogP contribution in [0.1, 0.15) is 47.5 Å². The number of aryl methyl sites for hydroxylation is 2. The minimum Gasteiger partial charge on any atom is -0.360 e. The molecule has 7 heteroatoms. The number of aromatic nitrogens is 3. The summed E-state index contributed by atoms with van der Waals surface area (Å²) in [6, 6.07) is 0.0953. The van der Waals surface area contributed by atoms with Crippen molar-refractivity contribution in [2.75, 3.05) is 26.2 Å². The van der Waals surface area contributed by atoms with Crippen molar-refractivity contribution in [3.63, 3.8) is 0 Å². The van der Waals surface area contributed by atoms with E-state index >= 15 is 0 Å². The van der Waals surface area contributed by atoms with Crippen molar-refractivity contribution < 1.29 is 9.32 Å². The fraction of sp³-hybridized carbons (Fsp3) is 0.562. The van der Waals surface area contributed by atoms with E-state index in [0.717, 1.165) is 18.9 Å². The van der Waals surface area contributed by atoms with Crippen molar-refractivity contribution in [1.82, 2.24) is 24.9 Å². The minimum atomic E-state index is 0.00732. The molecule has 0 radical (unpaired) electrons. The first-order valence-corrected chi connectivity index (χ1v) is 8.13. The number of carbonyl (C=O) groups excluding carboxylic acids is 1. The highest BCUT2D eigenvalue weighted by atomic mass is 16.5. The standard InChI is InChI=1S/C16H23N5O2/c1-4-13-14(11(3)19-23-13)16(22)21-9-8-20(5-2)12(10-21)15-17-6-7-18-15/h6-7,12H,4-5,8-10H2,1-3H3,(H,17,18)/t12-/m1/s1. The van der Waals surface area contributed by atoms with Crippen LogP contribution in [-0.4, -0.2) is 57.0 Å². The number of hydrogen-bond acceptors (Lipinski definition) is 5. The number of rotatable bonds is 4. The van der Waals surface area contributed by atoms with Crippen LogP contribution in [-0.2, 0) is 6.42 Å². The third kappa shape index (κ3) is 2.88. The quantitative estimate of drug-likeness (QED) is 0.930. The lowest BCUT2D eigenvalue weighted by Crippen LogP contribution is -2.50. The van der Waals surface area contributed by atoms with E-state index in [9.17, 15) is 4.79 Å². The molecule has 1 amide bonds. The van der Waals surface area contributed by atoms with E-state index in [1.807, 2.05) is 24.9 Å². The van der Waals surface area contributed by atoms with Crippen LogP contribution in [0.5, 0.6) is 0 Å². The summed E-state index contributed by atoms with van der Waals surface area (Å²) >= 11 is 0. The van der Waals surface area contributed by atoms with Gasteiger partial charge in [0.2, 0.25) is 0 Å². The van der Waals surface area contributed by atoms with Gasteiger partial charge in [-0.2, -0.15) is 0 Å². The fourth-order valence-electron chi connectivity index (χ4n) is 3.19. The summed E-state index contributed by atoms with van der Waals surface area (Å²) in [4.78, 5) is 24.7. The Morgan fingerprint density at radius 2 is 2.26 bits per heavy atom. The summed E-state index contributed by atoms with van der Waals surface area (Å²) in [5.74, 6) is 1.58. The first kappa shape index (κ1) is 15.7. The average molecular weight is 317 g/mol. The van der Waals surface area contributed by atoms with Crippen LogP contribution in [0.4, 0.5) is 0 Å². The largest absolute Gasteiger partial charge is 0.360 e. The van der Waals surface area contributed by atoms with Gasteiger partial charge in [0, 0.05) is 38.4 Å². The Kier molecular flexibility index (Phi) is 4.47. The van der Waals surface area contributed by atoms with Crippen LogP contribution in [0.2, 0.25) is 0 Å². The monoisotopic (exact) mass is 317 g/mol. The van der Waals surface area contributed by atoms with E-state index < -0.39 is 0 Å². The molecule has 0 spiro atoms. The van der Waals surface area contributed by atoms with Crippen molar-refractivity contribution in [1.29, 1.82) is 0 Å². The van der Waals surface area contributed by atoms with Gasteiger partial charge in [0.15, 0.2) is 0 Å². The molecule has 2 aromatic rings. The molecule has 1 fully saturated rings. The lowest BCUT2D eigenvalue weighted by Gasteiger charge is -2.40. The van der Waals surface area contributed by atoms with Gasteiger partial charge in [-0.05, 0) is 13.5 Å². The highest BCUT2D eigenvalue weighted by Crippen LogP contribution is 2.25. The van der Waals surface area contributed by atoms with E-state index in [-0.39, 0.29) is 11.9 Å². The maximum Gasteiger partial charge on any atom is 0.259 e. The molecule has 1 atom stereocenters. The molecule has 0 unspecified atom stereocenters. The summed E-state index contributed by atoms with van der Waals surface area (Å²) in [6.45, 7) is 9.01. The van der Waals surface area contributed by atoms with E-state index in [1.54, 1.807) is 6.20 Å². The van der Waals surface area contributed by atoms with Gasteiger partial charge in [0.1, 0.15) is 17.1 Å².